The maximum atomic E-state index is 12.7. The molecule has 5 nitrogen and oxygen atoms in total. The van der Waals surface area contributed by atoms with E-state index in [9.17, 15) is 4.79 Å². The molecule has 0 saturated carbocycles. The van der Waals surface area contributed by atoms with E-state index >= 15 is 0 Å². The molecule has 2 aliphatic rings. The van der Waals surface area contributed by atoms with E-state index in [-0.39, 0.29) is 23.2 Å². The summed E-state index contributed by atoms with van der Waals surface area (Å²) in [5.41, 5.74) is 1.89. The molecule has 0 fully saturated rings. The Hall–Kier alpha value is -1.79. The minimum atomic E-state index is -0.168. The summed E-state index contributed by atoms with van der Waals surface area (Å²) >= 11 is 7.77. The quantitative estimate of drug-likeness (QED) is 0.771. The predicted molar refractivity (Wildman–Crippen MR) is 104 cm³/mol. The number of hydrogen-bond donors (Lipinski definition) is 1. The number of nitrogens with one attached hydrogen (secondary N) is 1. The number of carbonyl (C=O) groups excluding carboxylic acids is 1. The van der Waals surface area contributed by atoms with Crippen LogP contribution in [0.15, 0.2) is 41.2 Å². The first kappa shape index (κ1) is 17.6. The maximum absolute atomic E-state index is 12.7. The van der Waals surface area contributed by atoms with Gasteiger partial charge in [-0.1, -0.05) is 61.5 Å². The number of anilines is 1. The van der Waals surface area contributed by atoms with Crippen molar-refractivity contribution in [2.75, 3.05) is 5.32 Å². The molecule has 7 heteroatoms. The highest BCUT2D eigenvalue weighted by Crippen LogP contribution is 2.43. The number of benzene rings is 1. The van der Waals surface area contributed by atoms with E-state index in [1.807, 2.05) is 35.9 Å². The Morgan fingerprint density at radius 1 is 1.38 bits per heavy atom. The highest BCUT2D eigenvalue weighted by molar-refractivity contribution is 7.98. The molecule has 2 aromatic rings. The van der Waals surface area contributed by atoms with Crippen molar-refractivity contribution in [2.45, 2.75) is 44.1 Å². The van der Waals surface area contributed by atoms with E-state index in [4.69, 9.17) is 11.6 Å². The van der Waals surface area contributed by atoms with Gasteiger partial charge in [0.1, 0.15) is 5.78 Å². The molecule has 0 spiro atoms. The van der Waals surface area contributed by atoms with E-state index in [1.54, 1.807) is 11.8 Å². The second-order valence-corrected chi connectivity index (χ2v) is 8.97. The first-order chi connectivity index (χ1) is 12.3. The Kier molecular flexibility index (Phi) is 4.35. The van der Waals surface area contributed by atoms with Crippen molar-refractivity contribution >= 4 is 35.1 Å². The molecule has 0 bridgehead atoms. The molecular weight excluding hydrogens is 368 g/mol. The van der Waals surface area contributed by atoms with Gasteiger partial charge in [-0.25, -0.2) is 4.68 Å². The van der Waals surface area contributed by atoms with Crippen molar-refractivity contribution in [3.8, 4) is 0 Å². The lowest BCUT2D eigenvalue weighted by Gasteiger charge is -2.38. The molecule has 2 heterocycles. The molecular formula is C19H21ClN4OS. The van der Waals surface area contributed by atoms with Gasteiger partial charge in [0.2, 0.25) is 11.1 Å². The molecule has 1 aliphatic carbocycles. The molecule has 0 radical (unpaired) electrons. The fourth-order valence-corrected chi connectivity index (χ4v) is 4.81. The van der Waals surface area contributed by atoms with Crippen LogP contribution in [-0.2, 0) is 10.5 Å². The van der Waals surface area contributed by atoms with E-state index < -0.39 is 0 Å². The fourth-order valence-electron chi connectivity index (χ4n) is 3.70. The van der Waals surface area contributed by atoms with Gasteiger partial charge in [-0.2, -0.15) is 4.98 Å². The topological polar surface area (TPSA) is 59.8 Å². The number of aromatic nitrogens is 3. The van der Waals surface area contributed by atoms with E-state index in [0.29, 0.717) is 23.3 Å². The minimum absolute atomic E-state index is 0.0386. The molecule has 136 valence electrons. The molecule has 1 aromatic heterocycles. The van der Waals surface area contributed by atoms with Gasteiger partial charge in [-0.15, -0.1) is 5.10 Å². The smallest absolute Gasteiger partial charge is 0.226 e. The van der Waals surface area contributed by atoms with Gasteiger partial charge >= 0.3 is 0 Å². The minimum Gasteiger partial charge on any atom is -0.328 e. The summed E-state index contributed by atoms with van der Waals surface area (Å²) in [6.07, 6.45) is 2.73. The van der Waals surface area contributed by atoms with Crippen molar-refractivity contribution < 1.29 is 4.79 Å². The second-order valence-electron chi connectivity index (χ2n) is 7.62. The van der Waals surface area contributed by atoms with Gasteiger partial charge < -0.3 is 5.32 Å². The summed E-state index contributed by atoms with van der Waals surface area (Å²) in [4.78, 5) is 17.3. The Balaban J connectivity index is 1.59. The third-order valence-electron chi connectivity index (χ3n) is 4.91. The number of halogens is 1. The maximum Gasteiger partial charge on any atom is 0.226 e. The van der Waals surface area contributed by atoms with Gasteiger partial charge in [0.05, 0.1) is 12.0 Å². The number of fused-ring (bicyclic) bond motifs is 2. The summed E-state index contributed by atoms with van der Waals surface area (Å²) in [5, 5.41) is 9.39. The third kappa shape index (κ3) is 3.16. The second kappa shape index (κ2) is 6.43. The monoisotopic (exact) mass is 388 g/mol. The number of allylic oxidation sites excluding steroid dienone is 2. The summed E-state index contributed by atoms with van der Waals surface area (Å²) < 4.78 is 1.84. The van der Waals surface area contributed by atoms with E-state index in [2.05, 4.69) is 35.3 Å². The van der Waals surface area contributed by atoms with Crippen LogP contribution in [0.4, 0.5) is 5.95 Å². The van der Waals surface area contributed by atoms with Crippen molar-refractivity contribution in [3.63, 3.8) is 0 Å². The number of thioether (sulfide) groups is 1. The summed E-state index contributed by atoms with van der Waals surface area (Å²) in [5.74, 6) is 1.50. The highest BCUT2D eigenvalue weighted by Gasteiger charge is 2.42. The lowest BCUT2D eigenvalue weighted by molar-refractivity contribution is -0.125. The zero-order chi connectivity index (χ0) is 18.5. The number of ketones is 1. The number of Topliss-reactive ketones (excluding diaryl/α,β-unsaturated/α-hetero) is 1. The van der Waals surface area contributed by atoms with Crippen LogP contribution in [0.2, 0.25) is 5.02 Å². The average Bonchev–Trinajstić information content (AvgIpc) is 2.96. The molecule has 4 rings (SSSR count). The summed E-state index contributed by atoms with van der Waals surface area (Å²) in [6.45, 7) is 6.21. The molecule has 0 amide bonds. The van der Waals surface area contributed by atoms with Crippen molar-refractivity contribution in [1.82, 2.24) is 14.8 Å². The largest absolute Gasteiger partial charge is 0.328 e. The van der Waals surface area contributed by atoms with Crippen molar-refractivity contribution in [3.05, 3.63) is 46.6 Å². The zero-order valence-corrected chi connectivity index (χ0v) is 16.6. The molecule has 1 N–H and O–H groups in total. The van der Waals surface area contributed by atoms with Crippen LogP contribution in [0.1, 0.15) is 38.8 Å². The van der Waals surface area contributed by atoms with Crippen molar-refractivity contribution in [1.29, 1.82) is 0 Å². The third-order valence-corrected chi connectivity index (χ3v) is 6.16. The Labute approximate surface area is 162 Å². The van der Waals surface area contributed by atoms with Gasteiger partial charge in [0.15, 0.2) is 0 Å². The summed E-state index contributed by atoms with van der Waals surface area (Å²) in [6, 6.07) is 7.75. The van der Waals surface area contributed by atoms with Crippen LogP contribution in [0.3, 0.4) is 0 Å². The summed E-state index contributed by atoms with van der Waals surface area (Å²) in [7, 11) is 0. The van der Waals surface area contributed by atoms with E-state index in [0.717, 1.165) is 16.3 Å². The molecule has 1 aliphatic heterocycles. The zero-order valence-electron chi connectivity index (χ0n) is 15.0. The van der Waals surface area contributed by atoms with Crippen LogP contribution in [0.5, 0.6) is 0 Å². The normalized spacial score (nSPS) is 23.7. The first-order valence-corrected chi connectivity index (χ1v) is 10.1. The molecule has 2 atom stereocenters. The standard InChI is InChI=1S/C19H21ClN4OS/c1-11-16-14(8-19(2,3)9-15(16)25)21-17-22-18(23-24(11)17)26-10-12-6-4-5-7-13(12)20/h4-8,11,16H,9-10H2,1-3H3,(H,21,22,23)/t11-,16-/m0/s1. The lowest BCUT2D eigenvalue weighted by atomic mass is 9.73. The molecule has 1 aromatic carbocycles. The first-order valence-electron chi connectivity index (χ1n) is 8.69. The van der Waals surface area contributed by atoms with Crippen LogP contribution in [-0.4, -0.2) is 20.5 Å². The molecule has 0 unspecified atom stereocenters. The highest BCUT2D eigenvalue weighted by atomic mass is 35.5. The number of hydrogen-bond acceptors (Lipinski definition) is 5. The van der Waals surface area contributed by atoms with Crippen molar-refractivity contribution in [2.24, 2.45) is 11.3 Å². The van der Waals surface area contributed by atoms with Gasteiger partial charge in [0, 0.05) is 22.9 Å². The van der Waals surface area contributed by atoms with Gasteiger partial charge in [-0.05, 0) is 24.0 Å². The number of nitrogens with zero attached hydrogens (tertiary/aromatic N) is 3. The predicted octanol–water partition coefficient (Wildman–Crippen LogP) is 4.71. The number of rotatable bonds is 3. The fraction of sp³-hybridized carbons (Fsp3) is 0.421. The molecule has 0 saturated heterocycles. The Morgan fingerprint density at radius 2 is 2.15 bits per heavy atom. The Morgan fingerprint density at radius 3 is 2.92 bits per heavy atom. The molecule has 26 heavy (non-hydrogen) atoms. The van der Waals surface area contributed by atoms with Crippen LogP contribution in [0, 0.1) is 11.3 Å². The van der Waals surface area contributed by atoms with E-state index in [1.165, 1.54) is 0 Å². The van der Waals surface area contributed by atoms with Crippen LogP contribution < -0.4 is 5.32 Å². The van der Waals surface area contributed by atoms with Crippen LogP contribution >= 0.6 is 23.4 Å². The van der Waals surface area contributed by atoms with Gasteiger partial charge in [-0.3, -0.25) is 4.79 Å². The Bertz CT molecular complexity index is 905. The lowest BCUT2D eigenvalue weighted by Crippen LogP contribution is -2.40. The average molecular weight is 389 g/mol. The number of carbonyl (C=O) groups is 1. The SMILES string of the molecule is C[C@H]1[C@@H]2C(=O)CC(C)(C)C=C2Nc2nc(SCc3ccccc3Cl)nn21. The van der Waals surface area contributed by atoms with Gasteiger partial charge in [0.25, 0.3) is 0 Å². The van der Waals surface area contributed by atoms with Crippen LogP contribution in [0.25, 0.3) is 0 Å².